The fraction of sp³-hybridized carbons (Fsp3) is 0.500. The quantitative estimate of drug-likeness (QED) is 0.574. The molecule has 1 unspecified atom stereocenters. The number of hydrogen-bond acceptors (Lipinski definition) is 5. The highest BCUT2D eigenvalue weighted by atomic mass is 32.2. The van der Waals surface area contributed by atoms with E-state index in [0.29, 0.717) is 22.9 Å². The number of fused-ring (bicyclic) bond motifs is 1. The van der Waals surface area contributed by atoms with Crippen LogP contribution in [-0.2, 0) is 15.8 Å². The van der Waals surface area contributed by atoms with Crippen molar-refractivity contribution in [2.24, 2.45) is 4.40 Å². The highest BCUT2D eigenvalue weighted by Crippen LogP contribution is 2.40. The van der Waals surface area contributed by atoms with Gasteiger partial charge in [0.15, 0.2) is 5.65 Å². The van der Waals surface area contributed by atoms with Crippen LogP contribution in [0, 0.1) is 0 Å². The van der Waals surface area contributed by atoms with Crippen molar-refractivity contribution in [3.63, 3.8) is 0 Å². The average Bonchev–Trinajstić information content (AvgIpc) is 3.35. The van der Waals surface area contributed by atoms with Crippen molar-refractivity contribution in [3.05, 3.63) is 23.7 Å². The third kappa shape index (κ3) is 3.32. The predicted octanol–water partition coefficient (Wildman–Crippen LogP) is 1.89. The zero-order valence-electron chi connectivity index (χ0n) is 16.2. The van der Waals surface area contributed by atoms with Crippen molar-refractivity contribution >= 4 is 40.5 Å². The molecule has 4 rings (SSSR count). The second-order valence-corrected chi connectivity index (χ2v) is 10.0. The molecule has 2 aromatic heterocycles. The van der Waals surface area contributed by atoms with Crippen LogP contribution in [0.2, 0.25) is 0 Å². The van der Waals surface area contributed by atoms with Gasteiger partial charge in [0.25, 0.3) is 0 Å². The molecule has 0 radical (unpaired) electrons. The lowest BCUT2D eigenvalue weighted by atomic mass is 10.2. The number of carbonyl (C=O) groups excluding carboxylic acids is 2. The van der Waals surface area contributed by atoms with Crippen molar-refractivity contribution in [1.82, 2.24) is 19.5 Å². The molecule has 2 fully saturated rings. The summed E-state index contributed by atoms with van der Waals surface area (Å²) in [5, 5.41) is 4.61. The van der Waals surface area contributed by atoms with Gasteiger partial charge in [-0.2, -0.15) is 9.50 Å². The standard InChI is InChI=1S/C18H22N6O3S/c1-18(2,3)28(27)19-8-12-9-24-16(20-12)14(7-13(21-24)11-5-6-11)23-10-15(25)22(4)17(23)26/h7-9,11H,5-6,10H2,1-4H3. The first-order chi connectivity index (χ1) is 13.1. The lowest BCUT2D eigenvalue weighted by Gasteiger charge is -2.16. The number of urea groups is 1. The van der Waals surface area contributed by atoms with Crippen LogP contribution in [0.25, 0.3) is 5.65 Å². The number of likely N-dealkylation sites (N-methyl/N-ethyl adjacent to an activating group) is 1. The molecule has 3 heterocycles. The molecule has 0 N–H and O–H groups in total. The van der Waals surface area contributed by atoms with E-state index in [4.69, 9.17) is 0 Å². The maximum atomic E-state index is 12.5. The minimum atomic E-state index is -1.40. The van der Waals surface area contributed by atoms with Crippen molar-refractivity contribution in [1.29, 1.82) is 0 Å². The zero-order chi connectivity index (χ0) is 20.2. The van der Waals surface area contributed by atoms with E-state index in [2.05, 4.69) is 14.5 Å². The summed E-state index contributed by atoms with van der Waals surface area (Å²) in [6.07, 6.45) is 5.26. The van der Waals surface area contributed by atoms with Crippen LogP contribution in [0.1, 0.15) is 50.9 Å². The van der Waals surface area contributed by atoms with Gasteiger partial charge in [0.05, 0.1) is 28.5 Å². The van der Waals surface area contributed by atoms with Gasteiger partial charge in [-0.1, -0.05) is 0 Å². The van der Waals surface area contributed by atoms with E-state index in [1.54, 1.807) is 10.7 Å². The molecule has 1 atom stereocenters. The molecule has 3 amide bonds. The van der Waals surface area contributed by atoms with Crippen molar-refractivity contribution in [2.75, 3.05) is 18.5 Å². The van der Waals surface area contributed by atoms with Crippen LogP contribution in [0.4, 0.5) is 10.5 Å². The Morgan fingerprint density at radius 3 is 2.57 bits per heavy atom. The van der Waals surface area contributed by atoms with Crippen LogP contribution in [-0.4, -0.2) is 60.2 Å². The van der Waals surface area contributed by atoms with E-state index in [1.165, 1.54) is 18.2 Å². The minimum Gasteiger partial charge on any atom is -0.281 e. The summed E-state index contributed by atoms with van der Waals surface area (Å²) in [7, 11) is 0.0687. The van der Waals surface area contributed by atoms with E-state index in [-0.39, 0.29) is 18.5 Å². The summed E-state index contributed by atoms with van der Waals surface area (Å²) in [4.78, 5) is 31.5. The summed E-state index contributed by atoms with van der Waals surface area (Å²) in [5.41, 5.74) is 2.38. The first kappa shape index (κ1) is 18.7. The van der Waals surface area contributed by atoms with Gasteiger partial charge >= 0.3 is 6.03 Å². The molecule has 9 nitrogen and oxygen atoms in total. The zero-order valence-corrected chi connectivity index (χ0v) is 17.1. The Hall–Kier alpha value is -2.62. The first-order valence-electron chi connectivity index (χ1n) is 9.09. The van der Waals surface area contributed by atoms with Gasteiger partial charge in [0, 0.05) is 13.0 Å². The monoisotopic (exact) mass is 402 g/mol. The van der Waals surface area contributed by atoms with Gasteiger partial charge in [0.2, 0.25) is 5.91 Å². The van der Waals surface area contributed by atoms with E-state index in [9.17, 15) is 13.8 Å². The highest BCUT2D eigenvalue weighted by molar-refractivity contribution is 7.85. The fourth-order valence-corrected chi connectivity index (χ4v) is 3.40. The first-order valence-corrected chi connectivity index (χ1v) is 10.2. The Kier molecular flexibility index (Phi) is 4.33. The largest absolute Gasteiger partial charge is 0.331 e. The molecule has 0 spiro atoms. The number of imide groups is 1. The topological polar surface area (TPSA) is 100 Å². The lowest BCUT2D eigenvalue weighted by Crippen LogP contribution is -2.30. The van der Waals surface area contributed by atoms with Gasteiger partial charge in [-0.05, 0) is 39.7 Å². The van der Waals surface area contributed by atoms with E-state index in [0.717, 1.165) is 23.4 Å². The summed E-state index contributed by atoms with van der Waals surface area (Å²) in [5.74, 6) is 0.101. The second kappa shape index (κ2) is 6.47. The van der Waals surface area contributed by atoms with Crippen LogP contribution >= 0.6 is 0 Å². The highest BCUT2D eigenvalue weighted by Gasteiger charge is 2.37. The van der Waals surface area contributed by atoms with E-state index in [1.807, 2.05) is 26.8 Å². The Morgan fingerprint density at radius 1 is 1.29 bits per heavy atom. The van der Waals surface area contributed by atoms with Crippen molar-refractivity contribution < 1.29 is 13.8 Å². The Balaban J connectivity index is 1.77. The molecule has 1 aliphatic carbocycles. The fourth-order valence-electron chi connectivity index (χ4n) is 2.88. The summed E-state index contributed by atoms with van der Waals surface area (Å²) in [6, 6.07) is 1.46. The number of carbonyl (C=O) groups is 2. The van der Waals surface area contributed by atoms with E-state index < -0.39 is 15.7 Å². The third-order valence-electron chi connectivity index (χ3n) is 4.72. The Bertz CT molecular complexity index is 1030. The molecule has 1 aliphatic heterocycles. The predicted molar refractivity (Wildman–Crippen MR) is 106 cm³/mol. The molecule has 2 aromatic rings. The van der Waals surface area contributed by atoms with Gasteiger partial charge in [-0.25, -0.2) is 18.5 Å². The smallest absolute Gasteiger partial charge is 0.281 e. The number of amides is 3. The van der Waals surface area contributed by atoms with Crippen LogP contribution < -0.4 is 4.90 Å². The molecule has 148 valence electrons. The maximum Gasteiger partial charge on any atom is 0.331 e. The number of rotatable bonds is 4. The van der Waals surface area contributed by atoms with Crippen molar-refractivity contribution in [3.8, 4) is 0 Å². The average molecular weight is 402 g/mol. The molecule has 28 heavy (non-hydrogen) atoms. The van der Waals surface area contributed by atoms with Crippen LogP contribution in [0.5, 0.6) is 0 Å². The number of nitrogens with zero attached hydrogens (tertiary/aromatic N) is 6. The number of hydrogen-bond donors (Lipinski definition) is 0. The normalized spacial score (nSPS) is 19.4. The van der Waals surface area contributed by atoms with Gasteiger partial charge < -0.3 is 0 Å². The SMILES string of the molecule is CN1C(=O)CN(c2cc(C3CC3)nn3cc(C=NS(=O)C(C)(C)C)nc23)C1=O. The van der Waals surface area contributed by atoms with Gasteiger partial charge in [-0.3, -0.25) is 14.6 Å². The minimum absolute atomic E-state index is 0.0244. The van der Waals surface area contributed by atoms with Crippen LogP contribution in [0.15, 0.2) is 16.7 Å². The van der Waals surface area contributed by atoms with Crippen molar-refractivity contribution in [2.45, 2.75) is 44.3 Å². The maximum absolute atomic E-state index is 12.5. The van der Waals surface area contributed by atoms with Gasteiger partial charge in [0.1, 0.15) is 23.2 Å². The van der Waals surface area contributed by atoms with Gasteiger partial charge in [-0.15, -0.1) is 0 Å². The molecule has 0 aromatic carbocycles. The number of anilines is 1. The summed E-state index contributed by atoms with van der Waals surface area (Å²) in [6.45, 7) is 5.51. The lowest BCUT2D eigenvalue weighted by molar-refractivity contribution is -0.123. The summed E-state index contributed by atoms with van der Waals surface area (Å²) < 4.78 is 17.4. The summed E-state index contributed by atoms with van der Waals surface area (Å²) >= 11 is 0. The Labute approximate surface area is 165 Å². The second-order valence-electron chi connectivity index (χ2n) is 8.08. The molecule has 1 saturated heterocycles. The number of aromatic nitrogens is 3. The Morgan fingerprint density at radius 2 is 2.00 bits per heavy atom. The molecule has 10 heteroatoms. The molecular formula is C18H22N6O3S. The number of imidazole rings is 1. The van der Waals surface area contributed by atoms with Crippen LogP contribution in [0.3, 0.4) is 0 Å². The van der Waals surface area contributed by atoms with E-state index >= 15 is 0 Å². The molecule has 2 aliphatic rings. The third-order valence-corrected chi connectivity index (χ3v) is 6.06. The molecular weight excluding hydrogens is 380 g/mol. The molecule has 0 bridgehead atoms. The molecule has 1 saturated carbocycles.